The molecule has 1 aromatic carbocycles. The van der Waals surface area contributed by atoms with Gasteiger partial charge in [-0.3, -0.25) is 0 Å². The minimum absolute atomic E-state index is 0.660. The summed E-state index contributed by atoms with van der Waals surface area (Å²) in [6.45, 7) is 5.99. The molecule has 0 aromatic heterocycles. The maximum atomic E-state index is 5.85. The van der Waals surface area contributed by atoms with Crippen molar-refractivity contribution in [1.29, 1.82) is 0 Å². The van der Waals surface area contributed by atoms with Crippen molar-refractivity contribution in [1.82, 2.24) is 0 Å². The number of hydrogen-bond donors (Lipinski definition) is 0. The lowest BCUT2D eigenvalue weighted by molar-refractivity contribution is 0.288. The molecule has 1 aliphatic carbocycles. The van der Waals surface area contributed by atoms with Gasteiger partial charge in [-0.15, -0.1) is 0 Å². The molecule has 158 valence electrons. The molecule has 0 radical (unpaired) electrons. The van der Waals surface area contributed by atoms with Crippen LogP contribution in [0.2, 0.25) is 0 Å². The zero-order chi connectivity index (χ0) is 19.9. The van der Waals surface area contributed by atoms with Gasteiger partial charge >= 0.3 is 0 Å². The minimum atomic E-state index is 0.660. The molecular weight excluding hydrogens is 344 g/mol. The largest absolute Gasteiger partial charge is 0.494 e. The molecule has 0 aliphatic heterocycles. The van der Waals surface area contributed by atoms with E-state index in [4.69, 9.17) is 9.47 Å². The molecule has 1 aromatic rings. The molecule has 0 atom stereocenters. The van der Waals surface area contributed by atoms with Crippen LogP contribution in [0.3, 0.4) is 0 Å². The lowest BCUT2D eigenvalue weighted by Gasteiger charge is -2.26. The smallest absolute Gasteiger partial charge is 0.120 e. The van der Waals surface area contributed by atoms with Crippen molar-refractivity contribution < 1.29 is 9.47 Å². The molecule has 0 amide bonds. The summed E-state index contributed by atoms with van der Waals surface area (Å²) < 4.78 is 11.6. The van der Waals surface area contributed by atoms with Crippen LogP contribution in [0.4, 0.5) is 0 Å². The Labute approximate surface area is 173 Å². The van der Waals surface area contributed by atoms with Crippen LogP contribution < -0.4 is 9.47 Å². The highest BCUT2D eigenvalue weighted by molar-refractivity contribution is 5.31. The minimum Gasteiger partial charge on any atom is -0.494 e. The second-order valence-corrected chi connectivity index (χ2v) is 8.40. The van der Waals surface area contributed by atoms with Gasteiger partial charge in [-0.2, -0.15) is 0 Å². The molecule has 0 N–H and O–H groups in total. The Morgan fingerprint density at radius 2 is 1.43 bits per heavy atom. The van der Waals surface area contributed by atoms with E-state index in [1.165, 1.54) is 70.6 Å². The maximum Gasteiger partial charge on any atom is 0.120 e. The molecule has 0 saturated heterocycles. The van der Waals surface area contributed by atoms with Crippen molar-refractivity contribution in [3.63, 3.8) is 0 Å². The number of ether oxygens (including phenoxy) is 2. The summed E-state index contributed by atoms with van der Waals surface area (Å²) in [6.07, 6.45) is 20.7. The summed E-state index contributed by atoms with van der Waals surface area (Å²) in [4.78, 5) is 0. The molecule has 0 spiro atoms. The quantitative estimate of drug-likeness (QED) is 0.238. The third-order valence-corrected chi connectivity index (χ3v) is 5.95. The fourth-order valence-corrected chi connectivity index (χ4v) is 4.10. The standard InChI is InChI=1S/C26H42O2/c1-3-5-7-9-21-27-25-17-19-26(20-18-25)28-22-10-12-24-15-13-23(14-16-24)11-8-6-4-2/h10,12,17-20,23-24H,3-9,11,13-16,21-22H2,1-2H3/b12-10+. The van der Waals surface area contributed by atoms with E-state index in [0.29, 0.717) is 6.61 Å². The highest BCUT2D eigenvalue weighted by Crippen LogP contribution is 2.32. The second-order valence-electron chi connectivity index (χ2n) is 8.40. The lowest BCUT2D eigenvalue weighted by Crippen LogP contribution is -2.13. The summed E-state index contributed by atoms with van der Waals surface area (Å²) in [5.41, 5.74) is 0. The molecule has 1 fully saturated rings. The topological polar surface area (TPSA) is 18.5 Å². The molecule has 1 aliphatic rings. The van der Waals surface area contributed by atoms with Crippen molar-refractivity contribution in [2.45, 2.75) is 90.9 Å². The van der Waals surface area contributed by atoms with Gasteiger partial charge in [0.05, 0.1) is 6.61 Å². The van der Waals surface area contributed by atoms with Crippen LogP contribution in [0.15, 0.2) is 36.4 Å². The zero-order valence-corrected chi connectivity index (χ0v) is 18.3. The van der Waals surface area contributed by atoms with Crippen LogP contribution in [0.1, 0.15) is 90.9 Å². The van der Waals surface area contributed by atoms with E-state index < -0.39 is 0 Å². The van der Waals surface area contributed by atoms with Crippen LogP contribution in [0.25, 0.3) is 0 Å². The van der Waals surface area contributed by atoms with Crippen molar-refractivity contribution in [3.05, 3.63) is 36.4 Å². The summed E-state index contributed by atoms with van der Waals surface area (Å²) >= 11 is 0. The summed E-state index contributed by atoms with van der Waals surface area (Å²) in [5.74, 6) is 3.60. The van der Waals surface area contributed by atoms with Gasteiger partial charge in [0.2, 0.25) is 0 Å². The molecule has 28 heavy (non-hydrogen) atoms. The van der Waals surface area contributed by atoms with E-state index >= 15 is 0 Å². The molecule has 2 rings (SSSR count). The number of unbranched alkanes of at least 4 members (excludes halogenated alkanes) is 5. The Morgan fingerprint density at radius 1 is 0.786 bits per heavy atom. The first-order valence-corrected chi connectivity index (χ1v) is 11.8. The monoisotopic (exact) mass is 386 g/mol. The van der Waals surface area contributed by atoms with Crippen LogP contribution in [0.5, 0.6) is 11.5 Å². The van der Waals surface area contributed by atoms with Crippen LogP contribution in [0, 0.1) is 11.8 Å². The molecule has 0 bridgehead atoms. The second kappa shape index (κ2) is 14.5. The highest BCUT2D eigenvalue weighted by atomic mass is 16.5. The normalized spacial score (nSPS) is 19.8. The van der Waals surface area contributed by atoms with Gasteiger partial charge in [0.1, 0.15) is 18.1 Å². The van der Waals surface area contributed by atoms with Crippen molar-refractivity contribution >= 4 is 0 Å². The Bertz CT molecular complexity index is 512. The van der Waals surface area contributed by atoms with E-state index in [-0.39, 0.29) is 0 Å². The number of allylic oxidation sites excluding steroid dienone is 1. The summed E-state index contributed by atoms with van der Waals surface area (Å²) in [5, 5.41) is 0. The lowest BCUT2D eigenvalue weighted by atomic mass is 9.79. The number of rotatable bonds is 14. The van der Waals surface area contributed by atoms with E-state index in [1.54, 1.807) is 0 Å². The van der Waals surface area contributed by atoms with E-state index in [0.717, 1.165) is 36.4 Å². The third kappa shape index (κ3) is 9.66. The molecular formula is C26H42O2. The van der Waals surface area contributed by atoms with Crippen LogP contribution >= 0.6 is 0 Å². The maximum absolute atomic E-state index is 5.85. The van der Waals surface area contributed by atoms with Crippen LogP contribution in [-0.4, -0.2) is 13.2 Å². The zero-order valence-electron chi connectivity index (χ0n) is 18.3. The van der Waals surface area contributed by atoms with E-state index in [2.05, 4.69) is 26.0 Å². The SMILES string of the molecule is CCCCCCOc1ccc(OC/C=C/C2CCC(CCCCC)CC2)cc1. The van der Waals surface area contributed by atoms with Gasteiger partial charge in [0.15, 0.2) is 0 Å². The Kier molecular flexibility index (Phi) is 11.9. The Morgan fingerprint density at radius 3 is 2.11 bits per heavy atom. The Balaban J connectivity index is 1.56. The third-order valence-electron chi connectivity index (χ3n) is 5.95. The highest BCUT2D eigenvalue weighted by Gasteiger charge is 2.18. The molecule has 1 saturated carbocycles. The van der Waals surface area contributed by atoms with Gasteiger partial charge < -0.3 is 9.47 Å². The summed E-state index contributed by atoms with van der Waals surface area (Å²) in [6, 6.07) is 8.05. The van der Waals surface area contributed by atoms with Gasteiger partial charge in [0.25, 0.3) is 0 Å². The first-order valence-electron chi connectivity index (χ1n) is 11.8. The van der Waals surface area contributed by atoms with Crippen molar-refractivity contribution in [2.75, 3.05) is 13.2 Å². The van der Waals surface area contributed by atoms with Crippen molar-refractivity contribution in [3.8, 4) is 11.5 Å². The number of benzene rings is 1. The fraction of sp³-hybridized carbons (Fsp3) is 0.692. The van der Waals surface area contributed by atoms with E-state index in [9.17, 15) is 0 Å². The van der Waals surface area contributed by atoms with Crippen LogP contribution in [-0.2, 0) is 0 Å². The molecule has 0 unspecified atom stereocenters. The number of hydrogen-bond acceptors (Lipinski definition) is 2. The van der Waals surface area contributed by atoms with Gasteiger partial charge in [-0.05, 0) is 68.2 Å². The molecule has 2 nitrogen and oxygen atoms in total. The van der Waals surface area contributed by atoms with Gasteiger partial charge in [0, 0.05) is 0 Å². The average Bonchev–Trinajstić information content (AvgIpc) is 2.73. The first-order chi connectivity index (χ1) is 13.8. The average molecular weight is 387 g/mol. The predicted octanol–water partition coefficient (Wildman–Crippen LogP) is 7.97. The predicted molar refractivity (Wildman–Crippen MR) is 120 cm³/mol. The first kappa shape index (κ1) is 22.8. The Hall–Kier alpha value is -1.44. The van der Waals surface area contributed by atoms with Crippen molar-refractivity contribution in [2.24, 2.45) is 11.8 Å². The summed E-state index contributed by atoms with van der Waals surface area (Å²) in [7, 11) is 0. The van der Waals surface area contributed by atoms with Gasteiger partial charge in [-0.25, -0.2) is 0 Å². The molecule has 0 heterocycles. The fourth-order valence-electron chi connectivity index (χ4n) is 4.10. The molecule has 2 heteroatoms. The van der Waals surface area contributed by atoms with Gasteiger partial charge in [-0.1, -0.05) is 70.9 Å². The van der Waals surface area contributed by atoms with E-state index in [1.807, 2.05) is 24.3 Å².